The molecule has 0 unspecified atom stereocenters. The van der Waals surface area contributed by atoms with Crippen LogP contribution in [0.25, 0.3) is 5.47 Å². The van der Waals surface area contributed by atoms with Gasteiger partial charge in [-0.3, -0.25) is 0 Å². The van der Waals surface area contributed by atoms with Crippen LogP contribution in [-0.2, 0) is 17.3 Å². The normalized spacial score (nSPS) is 16.9. The molecule has 0 spiro atoms. The summed E-state index contributed by atoms with van der Waals surface area (Å²) in [7, 11) is -1.49. The van der Waals surface area contributed by atoms with Gasteiger partial charge in [0.2, 0.25) is 0 Å². The maximum atomic E-state index is 9.49. The summed E-state index contributed by atoms with van der Waals surface area (Å²) in [5.74, 6) is 0. The number of fused-ring (bicyclic) bond motifs is 1. The molecule has 1 aromatic rings. The van der Waals surface area contributed by atoms with E-state index in [0.717, 1.165) is 18.4 Å². The molecular formula is C17H25BO2. The molecule has 2 rings (SSSR count). The van der Waals surface area contributed by atoms with Gasteiger partial charge in [-0.15, -0.1) is 0 Å². The molecule has 0 saturated heterocycles. The Hall–Kier alpha value is -1.06. The summed E-state index contributed by atoms with van der Waals surface area (Å²) in [6.45, 7) is 14.9. The van der Waals surface area contributed by atoms with Crippen molar-refractivity contribution in [2.45, 2.75) is 58.3 Å². The predicted molar refractivity (Wildman–Crippen MR) is 85.7 cm³/mol. The van der Waals surface area contributed by atoms with Crippen LogP contribution in [0.5, 0.6) is 0 Å². The van der Waals surface area contributed by atoms with Gasteiger partial charge in [-0.05, 0) is 51.4 Å². The van der Waals surface area contributed by atoms with Gasteiger partial charge >= 0.3 is 7.12 Å². The summed E-state index contributed by atoms with van der Waals surface area (Å²) in [6.07, 6.45) is 2.07. The van der Waals surface area contributed by atoms with E-state index in [1.165, 1.54) is 16.7 Å². The Morgan fingerprint density at radius 2 is 1.85 bits per heavy atom. The van der Waals surface area contributed by atoms with Gasteiger partial charge in [-0.25, -0.2) is 0 Å². The molecule has 2 N–H and O–H groups in total. The number of hydrogen-bond donors (Lipinski definition) is 2. The van der Waals surface area contributed by atoms with E-state index in [1.807, 2.05) is 0 Å². The third-order valence-electron chi connectivity index (χ3n) is 4.50. The van der Waals surface area contributed by atoms with E-state index in [1.54, 1.807) is 0 Å². The first-order valence-electron chi connectivity index (χ1n) is 7.27. The smallest absolute Gasteiger partial charge is 0.423 e. The first kappa shape index (κ1) is 15.3. The molecule has 0 bridgehead atoms. The van der Waals surface area contributed by atoms with Gasteiger partial charge in [0.05, 0.1) is 0 Å². The number of benzene rings is 1. The van der Waals surface area contributed by atoms with E-state index in [9.17, 15) is 10.0 Å². The van der Waals surface area contributed by atoms with E-state index in [2.05, 4.69) is 53.3 Å². The minimum atomic E-state index is -1.49. The Morgan fingerprint density at radius 1 is 1.25 bits per heavy atom. The second-order valence-electron chi connectivity index (χ2n) is 7.58. The Bertz CT molecular complexity index is 551. The van der Waals surface area contributed by atoms with E-state index >= 15 is 0 Å². The fraction of sp³-hybridized carbons (Fsp3) is 0.529. The molecule has 108 valence electrons. The molecule has 0 atom stereocenters. The Balaban J connectivity index is 2.69. The third-order valence-corrected chi connectivity index (χ3v) is 4.50. The molecule has 20 heavy (non-hydrogen) atoms. The maximum Gasteiger partial charge on any atom is 0.488 e. The topological polar surface area (TPSA) is 40.5 Å². The van der Waals surface area contributed by atoms with Crippen molar-refractivity contribution >= 4 is 12.6 Å². The molecule has 0 amide bonds. The SMILES string of the molecule is C=C(B(O)O)c1cc(C(C)(C)C)cc2c1CCC2(C)C. The molecule has 0 aromatic heterocycles. The highest BCUT2D eigenvalue weighted by molar-refractivity contribution is 6.65. The summed E-state index contributed by atoms with van der Waals surface area (Å²) in [6, 6.07) is 4.38. The Kier molecular flexibility index (Phi) is 3.64. The van der Waals surface area contributed by atoms with Gasteiger partial charge < -0.3 is 10.0 Å². The molecule has 1 aromatic carbocycles. The largest absolute Gasteiger partial charge is 0.488 e. The van der Waals surface area contributed by atoms with Crippen LogP contribution in [0.1, 0.15) is 63.3 Å². The molecule has 1 aliphatic rings. The van der Waals surface area contributed by atoms with Gasteiger partial charge in [-0.2, -0.15) is 0 Å². The molecule has 3 heteroatoms. The summed E-state index contributed by atoms with van der Waals surface area (Å²) >= 11 is 0. The minimum absolute atomic E-state index is 0.0309. The molecule has 2 nitrogen and oxygen atoms in total. The molecular weight excluding hydrogens is 247 g/mol. The minimum Gasteiger partial charge on any atom is -0.423 e. The monoisotopic (exact) mass is 272 g/mol. The van der Waals surface area contributed by atoms with Gasteiger partial charge in [0.15, 0.2) is 0 Å². The van der Waals surface area contributed by atoms with E-state index in [0.29, 0.717) is 5.47 Å². The van der Waals surface area contributed by atoms with Crippen LogP contribution >= 0.6 is 0 Å². The Labute approximate surface area is 122 Å². The van der Waals surface area contributed by atoms with Crippen LogP contribution < -0.4 is 0 Å². The highest BCUT2D eigenvalue weighted by Crippen LogP contribution is 2.43. The zero-order valence-corrected chi connectivity index (χ0v) is 13.2. The van der Waals surface area contributed by atoms with Gasteiger partial charge in [-0.1, -0.05) is 53.3 Å². The van der Waals surface area contributed by atoms with Crippen molar-refractivity contribution in [2.24, 2.45) is 0 Å². The van der Waals surface area contributed by atoms with Crippen molar-refractivity contribution in [3.8, 4) is 0 Å². The average molecular weight is 272 g/mol. The van der Waals surface area contributed by atoms with E-state index in [-0.39, 0.29) is 10.8 Å². The van der Waals surface area contributed by atoms with Gasteiger partial charge in [0.25, 0.3) is 0 Å². The molecule has 0 heterocycles. The van der Waals surface area contributed by atoms with Crippen LogP contribution in [0.3, 0.4) is 0 Å². The summed E-state index contributed by atoms with van der Waals surface area (Å²) < 4.78 is 0. The van der Waals surface area contributed by atoms with Gasteiger partial charge in [0, 0.05) is 0 Å². The van der Waals surface area contributed by atoms with Crippen LogP contribution in [0.4, 0.5) is 0 Å². The fourth-order valence-corrected chi connectivity index (χ4v) is 2.98. The first-order chi connectivity index (χ1) is 9.04. The zero-order valence-electron chi connectivity index (χ0n) is 13.2. The lowest BCUT2D eigenvalue weighted by Gasteiger charge is -2.26. The quantitative estimate of drug-likeness (QED) is 0.811. The van der Waals surface area contributed by atoms with Crippen LogP contribution in [0.2, 0.25) is 0 Å². The highest BCUT2D eigenvalue weighted by atomic mass is 16.4. The molecule has 0 aliphatic heterocycles. The lowest BCUT2D eigenvalue weighted by atomic mass is 9.71. The lowest BCUT2D eigenvalue weighted by molar-refractivity contribution is 0.427. The summed E-state index contributed by atoms with van der Waals surface area (Å²) in [5.41, 5.74) is 5.30. The molecule has 0 radical (unpaired) electrons. The van der Waals surface area contributed by atoms with Crippen molar-refractivity contribution < 1.29 is 10.0 Å². The van der Waals surface area contributed by atoms with Crippen molar-refractivity contribution in [3.05, 3.63) is 41.0 Å². The van der Waals surface area contributed by atoms with Crippen molar-refractivity contribution in [1.82, 2.24) is 0 Å². The number of rotatable bonds is 2. The first-order valence-corrected chi connectivity index (χ1v) is 7.27. The highest BCUT2D eigenvalue weighted by Gasteiger charge is 2.34. The van der Waals surface area contributed by atoms with Crippen LogP contribution in [0, 0.1) is 0 Å². The summed E-state index contributed by atoms with van der Waals surface area (Å²) in [4.78, 5) is 0. The van der Waals surface area contributed by atoms with E-state index < -0.39 is 7.12 Å². The summed E-state index contributed by atoms with van der Waals surface area (Å²) in [5, 5.41) is 19.0. The van der Waals surface area contributed by atoms with Crippen LogP contribution in [-0.4, -0.2) is 17.2 Å². The molecule has 0 fully saturated rings. The molecule has 1 aliphatic carbocycles. The van der Waals surface area contributed by atoms with Crippen LogP contribution in [0.15, 0.2) is 18.7 Å². The predicted octanol–water partition coefficient (Wildman–Crippen LogP) is 3.23. The second-order valence-corrected chi connectivity index (χ2v) is 7.58. The van der Waals surface area contributed by atoms with Crippen molar-refractivity contribution in [1.29, 1.82) is 0 Å². The average Bonchev–Trinajstić information content (AvgIpc) is 2.62. The van der Waals surface area contributed by atoms with E-state index in [4.69, 9.17) is 0 Å². The number of hydrogen-bond acceptors (Lipinski definition) is 2. The van der Waals surface area contributed by atoms with Crippen molar-refractivity contribution in [2.75, 3.05) is 0 Å². The molecule has 0 saturated carbocycles. The maximum absolute atomic E-state index is 9.49. The zero-order chi connectivity index (χ0) is 15.3. The standard InChI is InChI=1S/C17H25BO2/c1-11(18(19)20)14-9-12(16(2,3)4)10-15-13(14)7-8-17(15,5)6/h9-10,19-20H,1,7-8H2,2-6H3. The van der Waals surface area contributed by atoms with Crippen molar-refractivity contribution in [3.63, 3.8) is 0 Å². The second kappa shape index (κ2) is 4.75. The fourth-order valence-electron chi connectivity index (χ4n) is 2.98. The van der Waals surface area contributed by atoms with Gasteiger partial charge in [0.1, 0.15) is 0 Å². The lowest BCUT2D eigenvalue weighted by Crippen LogP contribution is -2.19. The third kappa shape index (κ3) is 2.57. The Morgan fingerprint density at radius 3 is 2.35 bits per heavy atom.